The molecular formula is C14H29IN6O. The first-order valence-electron chi connectivity index (χ1n) is 7.31. The molecule has 0 amide bonds. The van der Waals surface area contributed by atoms with Gasteiger partial charge in [-0.15, -0.1) is 24.0 Å². The number of rotatable bonds is 9. The summed E-state index contributed by atoms with van der Waals surface area (Å²) >= 11 is 0. The average Bonchev–Trinajstić information content (AvgIpc) is 2.85. The summed E-state index contributed by atoms with van der Waals surface area (Å²) in [6.45, 7) is 4.85. The summed E-state index contributed by atoms with van der Waals surface area (Å²) in [5.74, 6) is 0.474. The molecule has 1 unspecified atom stereocenters. The van der Waals surface area contributed by atoms with Gasteiger partial charge in [0.05, 0.1) is 18.8 Å². The van der Waals surface area contributed by atoms with Gasteiger partial charge in [-0.3, -0.25) is 9.67 Å². The smallest absolute Gasteiger partial charge is 0.188 e. The van der Waals surface area contributed by atoms with Crippen LogP contribution in [0.1, 0.15) is 24.9 Å². The van der Waals surface area contributed by atoms with Gasteiger partial charge >= 0.3 is 0 Å². The molecule has 0 radical (unpaired) electrons. The molecular weight excluding hydrogens is 395 g/mol. The highest BCUT2D eigenvalue weighted by atomic mass is 127. The second-order valence-electron chi connectivity index (χ2n) is 5.13. The van der Waals surface area contributed by atoms with Gasteiger partial charge in [0.15, 0.2) is 5.96 Å². The van der Waals surface area contributed by atoms with Crippen LogP contribution in [0.4, 0.5) is 0 Å². The summed E-state index contributed by atoms with van der Waals surface area (Å²) < 4.78 is 7.07. The Balaban J connectivity index is 0.00000441. The SMILES string of the molecule is CCOCCCNC(N)=NCC(c1cnn(C)c1)N(C)C.I. The Morgan fingerprint density at radius 1 is 1.55 bits per heavy atom. The minimum Gasteiger partial charge on any atom is -0.382 e. The topological polar surface area (TPSA) is 80.7 Å². The standard InChI is InChI=1S/C14H28N6O.HI/c1-5-21-8-6-7-16-14(15)17-10-13(19(2)3)12-9-18-20(4)11-12;/h9,11,13H,5-8,10H2,1-4H3,(H3,15,16,17);1H. The number of nitrogens with two attached hydrogens (primary N) is 1. The Labute approximate surface area is 150 Å². The third-order valence-electron chi connectivity index (χ3n) is 3.14. The van der Waals surface area contributed by atoms with Crippen LogP contribution in [0.3, 0.4) is 0 Å². The molecule has 0 aliphatic rings. The van der Waals surface area contributed by atoms with Gasteiger partial charge in [-0.2, -0.15) is 5.10 Å². The van der Waals surface area contributed by atoms with Gasteiger partial charge in [-0.1, -0.05) is 0 Å². The monoisotopic (exact) mass is 424 g/mol. The number of aliphatic imine (C=N–C) groups is 1. The lowest BCUT2D eigenvalue weighted by atomic mass is 10.1. The molecule has 8 heteroatoms. The molecule has 0 spiro atoms. The van der Waals surface area contributed by atoms with Crippen molar-refractivity contribution in [2.75, 3.05) is 40.4 Å². The quantitative estimate of drug-likeness (QED) is 0.267. The van der Waals surface area contributed by atoms with Crippen LogP contribution < -0.4 is 11.1 Å². The van der Waals surface area contributed by atoms with Crippen LogP contribution in [0.25, 0.3) is 0 Å². The van der Waals surface area contributed by atoms with E-state index in [0.717, 1.165) is 31.7 Å². The fraction of sp³-hybridized carbons (Fsp3) is 0.714. The van der Waals surface area contributed by atoms with Crippen molar-refractivity contribution in [2.45, 2.75) is 19.4 Å². The van der Waals surface area contributed by atoms with Crippen molar-refractivity contribution in [3.8, 4) is 0 Å². The van der Waals surface area contributed by atoms with Crippen LogP contribution in [-0.4, -0.2) is 61.0 Å². The molecule has 0 fully saturated rings. The molecule has 1 rings (SSSR count). The van der Waals surface area contributed by atoms with Crippen LogP contribution >= 0.6 is 24.0 Å². The average molecular weight is 424 g/mol. The molecule has 1 aromatic heterocycles. The molecule has 0 saturated carbocycles. The second kappa shape index (κ2) is 11.7. The number of hydrogen-bond acceptors (Lipinski definition) is 4. The number of guanidine groups is 1. The maximum Gasteiger partial charge on any atom is 0.188 e. The predicted octanol–water partition coefficient (Wildman–Crippen LogP) is 0.972. The zero-order valence-corrected chi connectivity index (χ0v) is 16.3. The number of nitrogens with one attached hydrogen (secondary N) is 1. The van der Waals surface area contributed by atoms with Gasteiger partial charge in [0.1, 0.15) is 0 Å². The number of nitrogens with zero attached hydrogens (tertiary/aromatic N) is 4. The van der Waals surface area contributed by atoms with Gasteiger partial charge in [0.2, 0.25) is 0 Å². The van der Waals surface area contributed by atoms with Gasteiger partial charge in [0, 0.05) is 38.6 Å². The Bertz CT molecular complexity index is 435. The van der Waals surface area contributed by atoms with Crippen molar-refractivity contribution in [3.63, 3.8) is 0 Å². The normalized spacial score (nSPS) is 13.0. The molecule has 22 heavy (non-hydrogen) atoms. The maximum atomic E-state index is 5.88. The molecule has 128 valence electrons. The Hall–Kier alpha value is -0.870. The van der Waals surface area contributed by atoms with Crippen molar-refractivity contribution < 1.29 is 4.74 Å². The van der Waals surface area contributed by atoms with Crippen LogP contribution in [-0.2, 0) is 11.8 Å². The Morgan fingerprint density at radius 3 is 2.82 bits per heavy atom. The first-order valence-corrected chi connectivity index (χ1v) is 7.31. The first-order chi connectivity index (χ1) is 10.0. The van der Waals surface area contributed by atoms with E-state index in [1.807, 2.05) is 40.5 Å². The number of aryl methyl sites for hydroxylation is 1. The summed E-state index contributed by atoms with van der Waals surface area (Å²) in [5.41, 5.74) is 7.01. The van der Waals surface area contributed by atoms with Crippen molar-refractivity contribution >= 4 is 29.9 Å². The molecule has 1 heterocycles. The molecule has 0 bridgehead atoms. The molecule has 0 aliphatic carbocycles. The summed E-state index contributed by atoms with van der Waals surface area (Å²) in [4.78, 5) is 6.53. The van der Waals surface area contributed by atoms with Gasteiger partial charge in [-0.05, 0) is 27.4 Å². The molecule has 0 aliphatic heterocycles. The summed E-state index contributed by atoms with van der Waals surface area (Å²) in [7, 11) is 5.96. The van der Waals surface area contributed by atoms with Crippen LogP contribution in [0.2, 0.25) is 0 Å². The van der Waals surface area contributed by atoms with E-state index in [4.69, 9.17) is 10.5 Å². The van der Waals surface area contributed by atoms with Gasteiger partial charge in [0.25, 0.3) is 0 Å². The van der Waals surface area contributed by atoms with Gasteiger partial charge in [-0.25, -0.2) is 0 Å². The summed E-state index contributed by atoms with van der Waals surface area (Å²) in [6, 6.07) is 0.169. The van der Waals surface area contributed by atoms with E-state index in [-0.39, 0.29) is 30.0 Å². The van der Waals surface area contributed by atoms with Gasteiger partial charge < -0.3 is 20.7 Å². The lowest BCUT2D eigenvalue weighted by Gasteiger charge is -2.21. The first kappa shape index (κ1) is 21.1. The van der Waals surface area contributed by atoms with Crippen molar-refractivity contribution in [3.05, 3.63) is 18.0 Å². The number of ether oxygens (including phenoxy) is 1. The lowest BCUT2D eigenvalue weighted by Crippen LogP contribution is -2.34. The fourth-order valence-electron chi connectivity index (χ4n) is 1.95. The fourth-order valence-corrected chi connectivity index (χ4v) is 1.95. The molecule has 7 nitrogen and oxygen atoms in total. The minimum atomic E-state index is 0. The van der Waals surface area contributed by atoms with E-state index in [1.54, 1.807) is 4.68 Å². The predicted molar refractivity (Wildman–Crippen MR) is 101 cm³/mol. The van der Waals surface area contributed by atoms with Crippen molar-refractivity contribution in [1.29, 1.82) is 0 Å². The highest BCUT2D eigenvalue weighted by Crippen LogP contribution is 2.17. The van der Waals surface area contributed by atoms with E-state index in [1.165, 1.54) is 0 Å². The molecule has 1 aromatic rings. The van der Waals surface area contributed by atoms with E-state index in [0.29, 0.717) is 12.5 Å². The number of halogens is 1. The number of likely N-dealkylation sites (N-methyl/N-ethyl adjacent to an activating group) is 1. The Kier molecular flexibility index (Phi) is 11.2. The van der Waals surface area contributed by atoms with E-state index in [2.05, 4.69) is 20.3 Å². The van der Waals surface area contributed by atoms with Crippen LogP contribution in [0, 0.1) is 0 Å². The third kappa shape index (κ3) is 7.95. The van der Waals surface area contributed by atoms with Crippen molar-refractivity contribution in [2.24, 2.45) is 17.8 Å². The van der Waals surface area contributed by atoms with E-state index < -0.39 is 0 Å². The minimum absolute atomic E-state index is 0. The number of aromatic nitrogens is 2. The molecule has 0 saturated heterocycles. The Morgan fingerprint density at radius 2 is 2.27 bits per heavy atom. The molecule has 0 aromatic carbocycles. The van der Waals surface area contributed by atoms with Crippen LogP contribution in [0.15, 0.2) is 17.4 Å². The summed E-state index contributed by atoms with van der Waals surface area (Å²) in [5, 5.41) is 7.31. The molecule has 1 atom stereocenters. The lowest BCUT2D eigenvalue weighted by molar-refractivity contribution is 0.145. The third-order valence-corrected chi connectivity index (χ3v) is 3.14. The van der Waals surface area contributed by atoms with E-state index in [9.17, 15) is 0 Å². The van der Waals surface area contributed by atoms with Crippen LogP contribution in [0.5, 0.6) is 0 Å². The largest absolute Gasteiger partial charge is 0.382 e. The summed E-state index contributed by atoms with van der Waals surface area (Å²) in [6.07, 6.45) is 4.79. The maximum absolute atomic E-state index is 5.88. The second-order valence-corrected chi connectivity index (χ2v) is 5.13. The van der Waals surface area contributed by atoms with E-state index >= 15 is 0 Å². The zero-order valence-electron chi connectivity index (χ0n) is 14.0. The number of hydrogen-bond donors (Lipinski definition) is 2. The van der Waals surface area contributed by atoms with Crippen molar-refractivity contribution in [1.82, 2.24) is 20.0 Å². The molecule has 3 N–H and O–H groups in total. The highest BCUT2D eigenvalue weighted by molar-refractivity contribution is 14.0. The highest BCUT2D eigenvalue weighted by Gasteiger charge is 2.15. The zero-order chi connectivity index (χ0) is 15.7.